The van der Waals surface area contributed by atoms with Crippen molar-refractivity contribution in [3.63, 3.8) is 0 Å². The normalized spacial score (nSPS) is 18.8. The number of urea groups is 1. The van der Waals surface area contributed by atoms with E-state index in [4.69, 9.17) is 4.74 Å². The van der Waals surface area contributed by atoms with Crippen LogP contribution in [-0.2, 0) is 4.79 Å². The van der Waals surface area contributed by atoms with E-state index in [0.29, 0.717) is 24.4 Å². The highest BCUT2D eigenvalue weighted by Crippen LogP contribution is 2.33. The molecule has 6 heteroatoms. The van der Waals surface area contributed by atoms with Gasteiger partial charge >= 0.3 is 6.03 Å². The van der Waals surface area contributed by atoms with Gasteiger partial charge in [0.2, 0.25) is 5.91 Å². The Hall–Kier alpha value is -2.24. The van der Waals surface area contributed by atoms with Crippen LogP contribution in [0.4, 0.5) is 16.2 Å². The summed E-state index contributed by atoms with van der Waals surface area (Å²) in [5, 5.41) is 5.93. The Morgan fingerprint density at radius 1 is 1.16 bits per heavy atom. The third-order valence-corrected chi connectivity index (χ3v) is 4.99. The summed E-state index contributed by atoms with van der Waals surface area (Å²) in [6.45, 7) is 0.687. The first-order chi connectivity index (χ1) is 12.2. The minimum absolute atomic E-state index is 0.105. The first-order valence-corrected chi connectivity index (χ1v) is 9.23. The number of hydrogen-bond donors (Lipinski definition) is 2. The Kier molecular flexibility index (Phi) is 5.79. The Morgan fingerprint density at radius 2 is 1.96 bits per heavy atom. The van der Waals surface area contributed by atoms with Crippen LogP contribution in [0.15, 0.2) is 18.2 Å². The number of ether oxygens (including phenoxy) is 1. The number of piperidine rings is 1. The van der Waals surface area contributed by atoms with Gasteiger partial charge in [0.05, 0.1) is 12.8 Å². The molecule has 1 aromatic carbocycles. The zero-order valence-electron chi connectivity index (χ0n) is 14.8. The van der Waals surface area contributed by atoms with Gasteiger partial charge in [-0.05, 0) is 43.9 Å². The van der Waals surface area contributed by atoms with E-state index in [-0.39, 0.29) is 18.0 Å². The van der Waals surface area contributed by atoms with Gasteiger partial charge in [-0.15, -0.1) is 0 Å². The zero-order valence-corrected chi connectivity index (χ0v) is 14.8. The van der Waals surface area contributed by atoms with E-state index in [1.165, 1.54) is 19.3 Å². The second-order valence-electron chi connectivity index (χ2n) is 6.82. The molecule has 1 saturated carbocycles. The highest BCUT2D eigenvalue weighted by Gasteiger charge is 2.23. The topological polar surface area (TPSA) is 70.7 Å². The number of nitrogens with one attached hydrogen (secondary N) is 2. The van der Waals surface area contributed by atoms with Crippen molar-refractivity contribution in [2.45, 2.75) is 57.4 Å². The van der Waals surface area contributed by atoms with Crippen LogP contribution in [0.1, 0.15) is 51.4 Å². The molecule has 1 aromatic rings. The number of carbonyl (C=O) groups is 2. The molecule has 0 bridgehead atoms. The van der Waals surface area contributed by atoms with Crippen LogP contribution in [0.2, 0.25) is 0 Å². The molecule has 1 aliphatic heterocycles. The molecule has 2 aliphatic rings. The number of hydrogen-bond acceptors (Lipinski definition) is 3. The van der Waals surface area contributed by atoms with E-state index in [1.807, 2.05) is 6.07 Å². The number of anilines is 2. The Morgan fingerprint density at radius 3 is 2.68 bits per heavy atom. The molecule has 0 atom stereocenters. The van der Waals surface area contributed by atoms with Crippen molar-refractivity contribution < 1.29 is 14.3 Å². The molecule has 25 heavy (non-hydrogen) atoms. The Labute approximate surface area is 148 Å². The summed E-state index contributed by atoms with van der Waals surface area (Å²) in [7, 11) is 1.59. The Balaban J connectivity index is 1.70. The quantitative estimate of drug-likeness (QED) is 0.875. The van der Waals surface area contributed by atoms with E-state index < -0.39 is 0 Å². The Bertz CT molecular complexity index is 626. The lowest BCUT2D eigenvalue weighted by Crippen LogP contribution is -2.39. The van der Waals surface area contributed by atoms with Gasteiger partial charge in [0.1, 0.15) is 5.75 Å². The average molecular weight is 345 g/mol. The second-order valence-corrected chi connectivity index (χ2v) is 6.82. The number of rotatable bonds is 4. The SMILES string of the molecule is COc1ccc(NC(=O)NC2CCCCC2)cc1N1CCCCC1=O. The monoisotopic (exact) mass is 345 g/mol. The van der Waals surface area contributed by atoms with Crippen molar-refractivity contribution in [1.29, 1.82) is 0 Å². The van der Waals surface area contributed by atoms with Crippen molar-refractivity contribution in [1.82, 2.24) is 5.32 Å². The molecular formula is C19H27N3O3. The van der Waals surface area contributed by atoms with Crippen molar-refractivity contribution in [2.24, 2.45) is 0 Å². The summed E-state index contributed by atoms with van der Waals surface area (Å²) >= 11 is 0. The van der Waals surface area contributed by atoms with Crippen molar-refractivity contribution in [2.75, 3.05) is 23.9 Å². The molecule has 136 valence electrons. The maximum Gasteiger partial charge on any atom is 0.319 e. The number of benzene rings is 1. The van der Waals surface area contributed by atoms with Gasteiger partial charge in [0, 0.05) is 24.7 Å². The lowest BCUT2D eigenvalue weighted by Gasteiger charge is -2.28. The van der Waals surface area contributed by atoms with Crippen molar-refractivity contribution in [3.8, 4) is 5.75 Å². The van der Waals surface area contributed by atoms with Gasteiger partial charge < -0.3 is 20.3 Å². The smallest absolute Gasteiger partial charge is 0.319 e. The third-order valence-electron chi connectivity index (χ3n) is 4.99. The van der Waals surface area contributed by atoms with Crippen molar-refractivity contribution in [3.05, 3.63) is 18.2 Å². The maximum atomic E-state index is 12.3. The van der Waals surface area contributed by atoms with E-state index >= 15 is 0 Å². The number of nitrogens with zero attached hydrogens (tertiary/aromatic N) is 1. The van der Waals surface area contributed by atoms with Crippen LogP contribution in [-0.4, -0.2) is 31.6 Å². The first kappa shape index (κ1) is 17.6. The minimum Gasteiger partial charge on any atom is -0.495 e. The van der Waals surface area contributed by atoms with Gasteiger partial charge in [0.15, 0.2) is 0 Å². The lowest BCUT2D eigenvalue weighted by molar-refractivity contribution is -0.119. The average Bonchev–Trinajstić information content (AvgIpc) is 2.63. The number of carbonyl (C=O) groups excluding carboxylic acids is 2. The molecule has 0 unspecified atom stereocenters. The molecule has 2 fully saturated rings. The molecule has 1 aliphatic carbocycles. The molecular weight excluding hydrogens is 318 g/mol. The van der Waals surface area contributed by atoms with Crippen LogP contribution >= 0.6 is 0 Å². The molecule has 0 aromatic heterocycles. The lowest BCUT2D eigenvalue weighted by atomic mass is 9.96. The van der Waals surface area contributed by atoms with Crippen LogP contribution in [0, 0.1) is 0 Å². The van der Waals surface area contributed by atoms with E-state index in [0.717, 1.165) is 31.4 Å². The van der Waals surface area contributed by atoms with Gasteiger partial charge in [-0.3, -0.25) is 4.79 Å². The molecule has 3 rings (SSSR count). The molecule has 6 nitrogen and oxygen atoms in total. The summed E-state index contributed by atoms with van der Waals surface area (Å²) < 4.78 is 5.41. The molecule has 0 spiro atoms. The van der Waals surface area contributed by atoms with Crippen LogP contribution in [0.5, 0.6) is 5.75 Å². The predicted octanol–water partition coefficient (Wildman–Crippen LogP) is 3.67. The molecule has 3 amide bonds. The molecule has 1 saturated heterocycles. The second kappa shape index (κ2) is 8.23. The number of amides is 3. The van der Waals surface area contributed by atoms with E-state index in [2.05, 4.69) is 10.6 Å². The summed E-state index contributed by atoms with van der Waals surface area (Å²) in [6, 6.07) is 5.50. The van der Waals surface area contributed by atoms with Crippen LogP contribution < -0.4 is 20.3 Å². The zero-order chi connectivity index (χ0) is 17.6. The molecule has 0 radical (unpaired) electrons. The summed E-state index contributed by atoms with van der Waals surface area (Å²) in [5.74, 6) is 0.752. The summed E-state index contributed by atoms with van der Waals surface area (Å²) in [5.41, 5.74) is 1.39. The van der Waals surface area contributed by atoms with Gasteiger partial charge in [0.25, 0.3) is 0 Å². The first-order valence-electron chi connectivity index (χ1n) is 9.23. The van der Waals surface area contributed by atoms with E-state index in [9.17, 15) is 9.59 Å². The van der Waals surface area contributed by atoms with Crippen LogP contribution in [0.25, 0.3) is 0 Å². The van der Waals surface area contributed by atoms with Gasteiger partial charge in [-0.25, -0.2) is 4.79 Å². The minimum atomic E-state index is -0.187. The largest absolute Gasteiger partial charge is 0.495 e. The molecule has 1 heterocycles. The highest BCUT2D eigenvalue weighted by atomic mass is 16.5. The summed E-state index contributed by atoms with van der Waals surface area (Å²) in [6.07, 6.45) is 8.17. The van der Waals surface area contributed by atoms with E-state index in [1.54, 1.807) is 24.1 Å². The van der Waals surface area contributed by atoms with Gasteiger partial charge in [-0.1, -0.05) is 19.3 Å². The fourth-order valence-corrected chi connectivity index (χ4v) is 3.64. The van der Waals surface area contributed by atoms with Crippen LogP contribution in [0.3, 0.4) is 0 Å². The van der Waals surface area contributed by atoms with Gasteiger partial charge in [-0.2, -0.15) is 0 Å². The third kappa shape index (κ3) is 4.44. The molecule has 2 N–H and O–H groups in total. The highest BCUT2D eigenvalue weighted by molar-refractivity contribution is 5.97. The summed E-state index contributed by atoms with van der Waals surface area (Å²) in [4.78, 5) is 26.2. The number of methoxy groups -OCH3 is 1. The van der Waals surface area contributed by atoms with Crippen molar-refractivity contribution >= 4 is 23.3 Å². The predicted molar refractivity (Wildman–Crippen MR) is 98.2 cm³/mol. The maximum absolute atomic E-state index is 12.3. The fraction of sp³-hybridized carbons (Fsp3) is 0.579. The fourth-order valence-electron chi connectivity index (χ4n) is 3.64. The standard InChI is InChI=1S/C19H27N3O3/c1-25-17-11-10-15(13-16(17)22-12-6-5-9-18(22)23)21-19(24)20-14-7-3-2-4-8-14/h10-11,13-14H,2-9,12H2,1H3,(H2,20,21,24).